The minimum Gasteiger partial charge on any atom is -0.457 e. The van der Waals surface area contributed by atoms with Crippen LogP contribution in [0.5, 0.6) is 11.5 Å². The summed E-state index contributed by atoms with van der Waals surface area (Å²) >= 11 is 0. The van der Waals surface area contributed by atoms with Gasteiger partial charge >= 0.3 is 0 Å². The third kappa shape index (κ3) is 9.40. The van der Waals surface area contributed by atoms with Gasteiger partial charge in [-0.25, -0.2) is 9.37 Å². The van der Waals surface area contributed by atoms with Crippen molar-refractivity contribution in [1.82, 2.24) is 9.55 Å². The van der Waals surface area contributed by atoms with E-state index >= 15 is 0 Å². The number of anilines is 4. The summed E-state index contributed by atoms with van der Waals surface area (Å²) in [6.45, 7) is 21.1. The number of para-hydroxylation sites is 1. The first-order chi connectivity index (χ1) is 37.9. The van der Waals surface area contributed by atoms with E-state index in [1.165, 1.54) is 37.9 Å². The predicted octanol–water partition coefficient (Wildman–Crippen LogP) is 16.3. The normalized spacial score (nSPS) is 13.1. The average Bonchev–Trinajstić information content (AvgIpc) is 4.26. The molecule has 1 aliphatic rings. The van der Waals surface area contributed by atoms with Gasteiger partial charge in [-0.3, -0.25) is 4.57 Å². The van der Waals surface area contributed by atoms with Crippen molar-refractivity contribution in [2.75, 3.05) is 16.5 Å². The molecule has 0 saturated carbocycles. The van der Waals surface area contributed by atoms with Gasteiger partial charge in [0.25, 0.3) is 0 Å². The number of aromatic nitrogens is 2. The quantitative estimate of drug-likeness (QED) is 0.101. The molecule has 0 spiro atoms. The molecular weight excluding hydrogens is 984 g/mol. The van der Waals surface area contributed by atoms with Crippen LogP contribution in [0.4, 0.5) is 27.1 Å². The number of nitrogens with zero attached hydrogens (tertiary/aromatic N) is 4. The molecule has 0 N–H and O–H groups in total. The fourth-order valence-corrected chi connectivity index (χ4v) is 16.5. The second-order valence-electron chi connectivity index (χ2n) is 24.3. The number of pyridine rings is 1. The second-order valence-corrected chi connectivity index (χ2v) is 28.1. The molecule has 9 aromatic carbocycles. The van der Waals surface area contributed by atoms with E-state index in [0.717, 1.165) is 67.1 Å². The van der Waals surface area contributed by atoms with E-state index < -0.39 is 8.07 Å². The highest BCUT2D eigenvalue weighted by Crippen LogP contribution is 2.51. The lowest BCUT2D eigenvalue weighted by Gasteiger charge is -2.34. The monoisotopic (exact) mass is 1050 g/mol. The van der Waals surface area contributed by atoms with E-state index in [4.69, 9.17) is 9.72 Å². The molecule has 0 saturated heterocycles. The van der Waals surface area contributed by atoms with Crippen molar-refractivity contribution >= 4 is 73.4 Å². The van der Waals surface area contributed by atoms with Crippen LogP contribution in [0.25, 0.3) is 38.8 Å². The Morgan fingerprint density at radius 3 is 1.67 bits per heavy atom. The van der Waals surface area contributed by atoms with E-state index in [1.54, 1.807) is 6.07 Å². The molecule has 12 rings (SSSR count). The minimum atomic E-state index is -2.85. The van der Waals surface area contributed by atoms with Crippen LogP contribution in [-0.4, -0.2) is 24.3 Å². The number of rotatable bonds is 10. The molecule has 3 heterocycles. The van der Waals surface area contributed by atoms with Gasteiger partial charge in [0, 0.05) is 46.0 Å². The number of benzene rings is 9. The Kier molecular flexibility index (Phi) is 12.8. The van der Waals surface area contributed by atoms with E-state index in [-0.39, 0.29) is 22.1 Å². The summed E-state index contributed by atoms with van der Waals surface area (Å²) in [5.74, 6) is 1.86. The van der Waals surface area contributed by atoms with Crippen molar-refractivity contribution in [3.63, 3.8) is 0 Å². The summed E-state index contributed by atoms with van der Waals surface area (Å²) < 4.78 is 24.0. The van der Waals surface area contributed by atoms with E-state index in [9.17, 15) is 4.39 Å². The molecule has 5 nitrogen and oxygen atoms in total. The molecule has 0 bridgehead atoms. The topological polar surface area (TPSA) is 33.5 Å². The van der Waals surface area contributed by atoms with Gasteiger partial charge in [0.15, 0.2) is 8.07 Å². The standard InChI is InChI=1S/C72H67FN4OSi/c1-70(2,3)50-38-39-74-68(44-50)77-65-37-34-53(73)45-64(65)63-36-35-57(47-67(63)77)78-56-24-20-23-54(46-56)75-48-76(55-42-51(71(4,5)6)41-52(43-55)72(7,8)9)69-62(32-21-33-66(69)75)49-22-19-31-61(40-49)79(58-25-13-10-14-26-58,59-27-15-11-16-28-59)60-29-17-12-18-30-60/h10-47H,48H2,1-9H3. The summed E-state index contributed by atoms with van der Waals surface area (Å²) in [4.78, 5) is 9.82. The van der Waals surface area contributed by atoms with Crippen molar-refractivity contribution in [2.45, 2.75) is 78.6 Å². The molecule has 0 fully saturated rings. The summed E-state index contributed by atoms with van der Waals surface area (Å²) in [7, 11) is -2.85. The van der Waals surface area contributed by atoms with Gasteiger partial charge < -0.3 is 14.5 Å². The predicted molar refractivity (Wildman–Crippen MR) is 332 cm³/mol. The number of hydrogen-bond acceptors (Lipinski definition) is 4. The Bertz CT molecular complexity index is 3930. The molecule has 0 unspecified atom stereocenters. The maximum atomic E-state index is 15.0. The Labute approximate surface area is 466 Å². The molecule has 11 aromatic rings. The molecule has 0 radical (unpaired) electrons. The molecule has 7 heteroatoms. The first-order valence-electron chi connectivity index (χ1n) is 27.6. The van der Waals surface area contributed by atoms with E-state index in [2.05, 4.69) is 265 Å². The van der Waals surface area contributed by atoms with Crippen LogP contribution in [0.3, 0.4) is 0 Å². The first kappa shape index (κ1) is 51.2. The van der Waals surface area contributed by atoms with E-state index in [1.807, 2.05) is 30.5 Å². The lowest BCUT2D eigenvalue weighted by atomic mass is 9.80. The zero-order chi connectivity index (χ0) is 54.8. The third-order valence-electron chi connectivity index (χ3n) is 16.0. The van der Waals surface area contributed by atoms with Crippen molar-refractivity contribution in [3.8, 4) is 28.4 Å². The van der Waals surface area contributed by atoms with Gasteiger partial charge in [0.1, 0.15) is 29.8 Å². The molecular formula is C72H67FN4OSi. The fourth-order valence-electron chi connectivity index (χ4n) is 11.7. The molecule has 0 atom stereocenters. The second kappa shape index (κ2) is 19.7. The van der Waals surface area contributed by atoms with Gasteiger partial charge in [-0.15, -0.1) is 0 Å². The smallest absolute Gasteiger partial charge is 0.179 e. The maximum Gasteiger partial charge on any atom is 0.179 e. The number of fused-ring (bicyclic) bond motifs is 4. The van der Waals surface area contributed by atoms with Crippen LogP contribution in [0, 0.1) is 5.82 Å². The molecule has 0 amide bonds. The van der Waals surface area contributed by atoms with Gasteiger partial charge in [-0.2, -0.15) is 0 Å². The number of ether oxygens (including phenoxy) is 1. The van der Waals surface area contributed by atoms with Crippen LogP contribution in [-0.2, 0) is 16.2 Å². The van der Waals surface area contributed by atoms with Crippen LogP contribution in [0.2, 0.25) is 0 Å². The number of hydrogen-bond donors (Lipinski definition) is 0. The fraction of sp³-hybridized carbons (Fsp3) is 0.181. The summed E-state index contributed by atoms with van der Waals surface area (Å²) in [5.41, 5.74) is 12.0. The summed E-state index contributed by atoms with van der Waals surface area (Å²) in [6.07, 6.45) is 1.86. The summed E-state index contributed by atoms with van der Waals surface area (Å²) in [5, 5.41) is 7.09. The SMILES string of the molecule is CC(C)(C)c1cc(N2CN(c3cccc(Oc4ccc5c6cc(F)ccc6n(-c6cc(C(C)(C)C)ccn6)c5c4)c3)c3cccc(-c4cccc([Si](c5ccccc5)(c5ccccc5)c5ccccc5)c4)c32)cc(C(C)(C)C)c1. The van der Waals surface area contributed by atoms with Gasteiger partial charge in [-0.05, 0) is 132 Å². The van der Waals surface area contributed by atoms with Crippen molar-refractivity contribution in [2.24, 2.45) is 0 Å². The molecule has 392 valence electrons. The Morgan fingerprint density at radius 1 is 0.443 bits per heavy atom. The maximum absolute atomic E-state index is 15.0. The molecule has 2 aromatic heterocycles. The zero-order valence-electron chi connectivity index (χ0n) is 46.7. The van der Waals surface area contributed by atoms with E-state index in [0.29, 0.717) is 18.2 Å². The zero-order valence-corrected chi connectivity index (χ0v) is 47.7. The lowest BCUT2D eigenvalue weighted by Crippen LogP contribution is -2.74. The lowest BCUT2D eigenvalue weighted by molar-refractivity contribution is 0.483. The van der Waals surface area contributed by atoms with Crippen molar-refractivity contribution < 1.29 is 9.13 Å². The van der Waals surface area contributed by atoms with Gasteiger partial charge in [0.2, 0.25) is 0 Å². The highest BCUT2D eigenvalue weighted by atomic mass is 28.3. The Balaban J connectivity index is 1.00. The van der Waals surface area contributed by atoms with Gasteiger partial charge in [0.05, 0.1) is 22.4 Å². The van der Waals surface area contributed by atoms with Gasteiger partial charge in [-0.1, -0.05) is 202 Å². The molecule has 0 aliphatic carbocycles. The molecule has 79 heavy (non-hydrogen) atoms. The third-order valence-corrected chi connectivity index (χ3v) is 20.7. The van der Waals surface area contributed by atoms with Crippen molar-refractivity contribution in [1.29, 1.82) is 0 Å². The van der Waals surface area contributed by atoms with Crippen LogP contribution in [0.1, 0.15) is 79.0 Å². The highest BCUT2D eigenvalue weighted by molar-refractivity contribution is 7.19. The van der Waals surface area contributed by atoms with Crippen molar-refractivity contribution in [3.05, 3.63) is 253 Å². The number of halogens is 1. The van der Waals surface area contributed by atoms with Crippen LogP contribution < -0.4 is 35.3 Å². The minimum absolute atomic E-state index is 0.0847. The first-order valence-corrected chi connectivity index (χ1v) is 29.6. The Morgan fingerprint density at radius 2 is 1.04 bits per heavy atom. The molecule has 1 aliphatic heterocycles. The van der Waals surface area contributed by atoms with Crippen LogP contribution in [0.15, 0.2) is 231 Å². The van der Waals surface area contributed by atoms with Crippen LogP contribution >= 0.6 is 0 Å². The largest absolute Gasteiger partial charge is 0.457 e. The highest BCUT2D eigenvalue weighted by Gasteiger charge is 2.42. The summed E-state index contributed by atoms with van der Waals surface area (Å²) in [6, 6.07) is 80.6. The Hall–Kier alpha value is -8.52. The average molecular weight is 1050 g/mol.